The number of nitrogens with one attached hydrogen (secondary N) is 12. The van der Waals surface area contributed by atoms with Crippen molar-refractivity contribution in [1.29, 1.82) is 0 Å². The van der Waals surface area contributed by atoms with Crippen molar-refractivity contribution >= 4 is 164 Å². The summed E-state index contributed by atoms with van der Waals surface area (Å²) in [6.45, 7) is 11.1. The van der Waals surface area contributed by atoms with Crippen molar-refractivity contribution in [2.75, 3.05) is 99.8 Å². The zero-order chi connectivity index (χ0) is 99.9. The number of β-amino-alcohol motifs (C(OH)–C–C–N with tert-alkyl or cyclic N) is 4. The Morgan fingerprint density at radius 1 is 0.372 bits per heavy atom. The fourth-order valence-corrected chi connectivity index (χ4v) is 17.0. The third-order valence-electron chi connectivity index (χ3n) is 21.6. The van der Waals surface area contributed by atoms with E-state index in [-0.39, 0.29) is 166 Å². The zero-order valence-electron chi connectivity index (χ0n) is 75.1. The lowest BCUT2D eigenvalue weighted by Crippen LogP contribution is -2.42. The molecule has 4 amide bonds. The molecule has 137 heavy (non-hydrogen) atoms. The van der Waals surface area contributed by atoms with Gasteiger partial charge in [-0.1, -0.05) is 105 Å². The molecule has 0 saturated carbocycles. The van der Waals surface area contributed by atoms with Crippen molar-refractivity contribution in [3.63, 3.8) is 0 Å². The van der Waals surface area contributed by atoms with Crippen LogP contribution in [0.2, 0.25) is 10.0 Å². The molecule has 8 aromatic carbocycles. The summed E-state index contributed by atoms with van der Waals surface area (Å²) in [7, 11) is 0. The van der Waals surface area contributed by atoms with Crippen LogP contribution in [0.5, 0.6) is 23.0 Å². The van der Waals surface area contributed by atoms with Crippen molar-refractivity contribution in [2.24, 2.45) is 20.0 Å². The molecule has 0 bridgehead atoms. The summed E-state index contributed by atoms with van der Waals surface area (Å²) in [6, 6.07) is 36.3. The molecule has 8 aromatic rings. The molecule has 0 spiro atoms. The summed E-state index contributed by atoms with van der Waals surface area (Å²) in [4.78, 5) is 117. The SMILES string of the molecule is CC[C@H](CC(=O)CNC(=O)c1cc(O)cc(NC2=NCC(O)CN2)c1)c1cc(Br)cc(Br)c1.CC[C@H](CC(=O)CNC(=O)c1cc(O)cc(NC2=NCC(O)CN2)c1)c1cc(Br)cc(C(F)(F)F)c1.CC[C@H](CC(=O)CNC(=O)c1cc(O)cc(NC2=NCC(O)CN2)c1)c1cc(C)cc(Cl)c1.CC[C@H](CC(=O)CNC(=O)c1cc(O)cc(NC2=NCC(O)CN2)c1)c1cc(Cl)cc(C(F)F)c1. The molecule has 0 aromatic heterocycles. The van der Waals surface area contributed by atoms with Gasteiger partial charge in [0.25, 0.3) is 30.1 Å². The van der Waals surface area contributed by atoms with Crippen LogP contribution in [0.1, 0.15) is 190 Å². The highest BCUT2D eigenvalue weighted by atomic mass is 79.9. The van der Waals surface area contributed by atoms with Crippen LogP contribution in [-0.2, 0) is 25.4 Å². The minimum absolute atomic E-state index is 0.0191. The first-order valence-corrected chi connectivity index (χ1v) is 46.9. The number of hydrogen-bond donors (Lipinski definition) is 20. The van der Waals surface area contributed by atoms with E-state index in [9.17, 15) is 101 Å². The van der Waals surface area contributed by atoms with Crippen LogP contribution < -0.4 is 63.8 Å². The predicted molar refractivity (Wildman–Crippen MR) is 526 cm³/mol. The molecule has 12 rings (SSSR count). The fourth-order valence-electron chi connectivity index (χ4n) is 14.6. The molecule has 0 radical (unpaired) electrons. The van der Waals surface area contributed by atoms with Gasteiger partial charge in [-0.05, 0) is 199 Å². The number of halogens is 10. The second-order valence-electron chi connectivity index (χ2n) is 32.7. The zero-order valence-corrected chi connectivity index (χ0v) is 81.4. The maximum Gasteiger partial charge on any atom is 0.416 e. The quantitative estimate of drug-likeness (QED) is 0.0170. The number of carbonyl (C=O) groups excluding carboxylic acids is 8. The van der Waals surface area contributed by atoms with E-state index < -0.39 is 72.1 Å². The van der Waals surface area contributed by atoms with Crippen LogP contribution in [0, 0.1) is 6.92 Å². The van der Waals surface area contributed by atoms with Gasteiger partial charge in [-0.15, -0.1) is 0 Å². The van der Waals surface area contributed by atoms with Gasteiger partial charge in [-0.3, -0.25) is 58.3 Å². The number of hydrogen-bond acceptors (Lipinski definition) is 28. The Kier molecular flexibility index (Phi) is 41.8. The van der Waals surface area contributed by atoms with Gasteiger partial charge in [-0.25, -0.2) is 8.78 Å². The van der Waals surface area contributed by atoms with Crippen LogP contribution in [0.15, 0.2) is 179 Å². The molecule has 4 unspecified atom stereocenters. The monoisotopic (exact) mass is 2130 g/mol. The number of anilines is 4. The number of Topliss-reactive ketones (excluding diaryl/α,β-unsaturated/α-hetero) is 4. The molecule has 0 fully saturated rings. The summed E-state index contributed by atoms with van der Waals surface area (Å²) in [6.07, 6.45) is -6.33. The lowest BCUT2D eigenvalue weighted by molar-refractivity contribution is -0.137. The largest absolute Gasteiger partial charge is 0.508 e. The summed E-state index contributed by atoms with van der Waals surface area (Å²) >= 11 is 22.2. The van der Waals surface area contributed by atoms with Crippen LogP contribution in [0.25, 0.3) is 0 Å². The molecule has 20 N–H and O–H groups in total. The van der Waals surface area contributed by atoms with Crippen molar-refractivity contribution in [1.82, 2.24) is 42.5 Å². The van der Waals surface area contributed by atoms with E-state index in [0.717, 1.165) is 50.6 Å². The summed E-state index contributed by atoms with van der Waals surface area (Å²) in [5.74, 6) is -2.51. The van der Waals surface area contributed by atoms with E-state index in [1.807, 2.05) is 64.1 Å². The first-order chi connectivity index (χ1) is 65.0. The van der Waals surface area contributed by atoms with E-state index in [2.05, 4.69) is 132 Å². The van der Waals surface area contributed by atoms with Crippen molar-refractivity contribution in [2.45, 2.75) is 147 Å². The summed E-state index contributed by atoms with van der Waals surface area (Å²) < 4.78 is 67.9. The van der Waals surface area contributed by atoms with Gasteiger partial charge in [0, 0.05) is 150 Å². The van der Waals surface area contributed by atoms with Crippen molar-refractivity contribution in [3.05, 3.63) is 230 Å². The number of ketones is 4. The van der Waals surface area contributed by atoms with Crippen molar-refractivity contribution in [3.8, 4) is 23.0 Å². The summed E-state index contributed by atoms with van der Waals surface area (Å²) in [5, 5.41) is 113. The van der Waals surface area contributed by atoms with Gasteiger partial charge in [-0.2, -0.15) is 13.2 Å². The average Bonchev–Trinajstić information content (AvgIpc) is 0.823. The number of aromatic hydroxyl groups is 4. The number of rotatable bonds is 33. The smallest absolute Gasteiger partial charge is 0.416 e. The van der Waals surface area contributed by atoms with Gasteiger partial charge < -0.3 is 105 Å². The van der Waals surface area contributed by atoms with E-state index in [0.29, 0.717) is 115 Å². The number of aryl methyl sites for hydroxylation is 1. The Balaban J connectivity index is 0.000000205. The minimum atomic E-state index is -4.51. The highest BCUT2D eigenvalue weighted by molar-refractivity contribution is 9.11. The third-order valence-corrected chi connectivity index (χ3v) is 23.4. The topological polar surface area (TPSA) is 492 Å². The first-order valence-electron chi connectivity index (χ1n) is 43.7. The van der Waals surface area contributed by atoms with E-state index in [4.69, 9.17) is 23.2 Å². The normalized spacial score (nSPS) is 16.4. The Bertz CT molecular complexity index is 5560. The number of aliphatic hydroxyl groups is 4. The molecular formula is C95H108Br3Cl2F5N16O16. The third kappa shape index (κ3) is 36.2. The van der Waals surface area contributed by atoms with E-state index in [1.54, 1.807) is 31.2 Å². The molecule has 734 valence electrons. The molecule has 32 nitrogen and oxygen atoms in total. The number of benzene rings is 8. The molecule has 42 heteroatoms. The lowest BCUT2D eigenvalue weighted by atomic mass is 9.90. The van der Waals surface area contributed by atoms with Gasteiger partial charge in [0.05, 0.1) is 82.3 Å². The maximum atomic E-state index is 13.2. The van der Waals surface area contributed by atoms with Crippen LogP contribution >= 0.6 is 71.0 Å². The van der Waals surface area contributed by atoms with Gasteiger partial charge in [0.15, 0.2) is 47.0 Å². The van der Waals surface area contributed by atoms with Gasteiger partial charge >= 0.3 is 6.18 Å². The van der Waals surface area contributed by atoms with E-state index >= 15 is 0 Å². The molecule has 4 heterocycles. The molecular weight excluding hydrogens is 2030 g/mol. The number of carbonyl (C=O) groups is 8. The number of amides is 4. The molecule has 0 aliphatic carbocycles. The van der Waals surface area contributed by atoms with Crippen LogP contribution in [-0.4, -0.2) is 214 Å². The number of phenols is 4. The highest BCUT2D eigenvalue weighted by Crippen LogP contribution is 2.38. The maximum absolute atomic E-state index is 13.2. The standard InChI is InChI=1S/C24H26BrF3N4O4.C24H27ClF2N4O4.C24H29ClN4O4.C23H26Br2N4O4/c1-2-13(14-3-16(24(26,27)28)8-17(25)4-14)6-20(34)10-29-22(36)15-5-18(9-19(33)7-15)32-23-30-11-21(35)12-31-23;1-2-13(14-3-15(22(26)27)5-17(25)4-14)7-20(33)10-28-23(35)16-6-18(9-19(32)8-16)31-24-29-11-21(34)12-30-24;1-3-15(16-4-14(2)5-18(25)6-16)8-21(31)11-26-23(33)17-7-19(10-20(30)9-17)29-24-27-12-22(32)13-28-24;1-2-13(14-3-16(24)8-17(25)4-14)6-20(31)10-26-22(33)15-5-18(9-19(30)7-15)29-23-27-11-21(32)12-28-23/h3-5,7-9,13,21,33,35H,2,6,10-12H2,1H3,(H,29,36)(H2,30,31,32);3-6,8-9,13,21-22,32,34H,2,7,10-12H2,1H3,(H,28,35)(H2,29,30,31);4-7,9-10,15,22,30,32H,3,8,11-13H2,1-2H3,(H,26,33)(H2,27,28,29);3-5,7-9,13,21,30,32H,2,6,10-12H2,1H3,(H,26,33)(H2,27,28,29)/t2*13-;15-;13-/m1111/s1. The van der Waals surface area contributed by atoms with Crippen molar-refractivity contribution < 1.29 is 101 Å². The fraction of sp³-hybridized carbons (Fsp3) is 0.368. The number of aliphatic imine (C=N–C) groups is 4. The summed E-state index contributed by atoms with van der Waals surface area (Å²) in [5.41, 5.74) is 5.34. The Hall–Kier alpha value is -11.9. The lowest BCUT2D eigenvalue weighted by Gasteiger charge is -2.20. The second kappa shape index (κ2) is 52.6. The van der Waals surface area contributed by atoms with Gasteiger partial charge in [0.1, 0.15) is 23.0 Å². The minimum Gasteiger partial charge on any atom is -0.508 e. The second-order valence-corrected chi connectivity index (χ2v) is 36.4. The Morgan fingerprint density at radius 2 is 0.635 bits per heavy atom. The molecule has 0 saturated heterocycles. The Morgan fingerprint density at radius 3 is 0.898 bits per heavy atom. The molecule has 4 aliphatic rings. The first kappa shape index (κ1) is 109. The molecule has 4 aliphatic heterocycles. The highest BCUT2D eigenvalue weighted by Gasteiger charge is 2.33. The number of alkyl halides is 5. The number of phenolic OH excluding ortho intramolecular Hbond substituents is 4. The van der Waals surface area contributed by atoms with E-state index in [1.165, 1.54) is 72.8 Å². The van der Waals surface area contributed by atoms with Crippen LogP contribution in [0.3, 0.4) is 0 Å². The Labute approximate surface area is 822 Å². The number of nitrogens with zero attached hydrogens (tertiary/aromatic N) is 4. The van der Waals surface area contributed by atoms with Gasteiger partial charge in [0.2, 0.25) is 0 Å². The molecule has 8 atom stereocenters. The van der Waals surface area contributed by atoms with Crippen LogP contribution in [0.4, 0.5) is 44.7 Å². The number of aliphatic hydroxyl groups excluding tert-OH is 4. The number of guanidine groups is 4. The predicted octanol–water partition coefficient (Wildman–Crippen LogP) is 13.9. The average molecular weight is 2140 g/mol.